The second-order valence-corrected chi connectivity index (χ2v) is 7.01. The molecule has 0 N–H and O–H groups in total. The van der Waals surface area contributed by atoms with Crippen LogP contribution in [-0.2, 0) is 23.7 Å². The summed E-state index contributed by atoms with van der Waals surface area (Å²) >= 11 is 0. The molecular formula is C20H22N4O2. The van der Waals surface area contributed by atoms with Crippen molar-refractivity contribution in [3.63, 3.8) is 0 Å². The fourth-order valence-electron chi connectivity index (χ4n) is 3.83. The SMILES string of the molecule is Cc1ccc(C2=C3C(=O)N(C)C(c4ccc(C)n4C)=C3C(=O)N2C)n1C. The van der Waals surface area contributed by atoms with Gasteiger partial charge in [-0.3, -0.25) is 9.59 Å². The zero-order chi connectivity index (χ0) is 18.9. The van der Waals surface area contributed by atoms with Crippen LogP contribution < -0.4 is 0 Å². The van der Waals surface area contributed by atoms with Gasteiger partial charge < -0.3 is 18.9 Å². The van der Waals surface area contributed by atoms with Crippen molar-refractivity contribution in [1.82, 2.24) is 18.9 Å². The van der Waals surface area contributed by atoms with Crippen molar-refractivity contribution in [3.8, 4) is 0 Å². The van der Waals surface area contributed by atoms with Crippen LogP contribution >= 0.6 is 0 Å². The maximum absolute atomic E-state index is 13.1. The lowest BCUT2D eigenvalue weighted by molar-refractivity contribution is -0.123. The summed E-state index contributed by atoms with van der Waals surface area (Å²) in [6.07, 6.45) is 0. The van der Waals surface area contributed by atoms with Gasteiger partial charge in [0.05, 0.1) is 33.9 Å². The summed E-state index contributed by atoms with van der Waals surface area (Å²) < 4.78 is 4.01. The molecule has 0 spiro atoms. The average Bonchev–Trinajstić information content (AvgIpc) is 3.26. The van der Waals surface area contributed by atoms with Crippen LogP contribution in [0, 0.1) is 13.8 Å². The summed E-state index contributed by atoms with van der Waals surface area (Å²) in [7, 11) is 7.37. The summed E-state index contributed by atoms with van der Waals surface area (Å²) in [4.78, 5) is 29.4. The summed E-state index contributed by atoms with van der Waals surface area (Å²) in [5.74, 6) is -0.277. The van der Waals surface area contributed by atoms with E-state index in [1.165, 1.54) is 0 Å². The number of carbonyl (C=O) groups is 2. The number of amides is 2. The number of hydrogen-bond acceptors (Lipinski definition) is 2. The van der Waals surface area contributed by atoms with E-state index in [9.17, 15) is 9.59 Å². The average molecular weight is 350 g/mol. The van der Waals surface area contributed by atoms with Crippen LogP contribution in [0.4, 0.5) is 0 Å². The molecular weight excluding hydrogens is 328 g/mol. The molecule has 134 valence electrons. The molecule has 0 saturated heterocycles. The molecule has 0 aromatic carbocycles. The topological polar surface area (TPSA) is 50.5 Å². The summed E-state index contributed by atoms with van der Waals surface area (Å²) in [6, 6.07) is 7.91. The Morgan fingerprint density at radius 2 is 0.962 bits per heavy atom. The molecule has 0 fully saturated rings. The molecule has 0 saturated carbocycles. The Morgan fingerprint density at radius 3 is 1.23 bits per heavy atom. The Hall–Kier alpha value is -3.02. The molecule has 4 rings (SSSR count). The fraction of sp³-hybridized carbons (Fsp3) is 0.300. The van der Waals surface area contributed by atoms with Crippen molar-refractivity contribution in [3.05, 3.63) is 58.2 Å². The molecule has 0 unspecified atom stereocenters. The van der Waals surface area contributed by atoms with E-state index < -0.39 is 0 Å². The maximum Gasteiger partial charge on any atom is 0.261 e. The van der Waals surface area contributed by atoms with E-state index in [2.05, 4.69) is 0 Å². The Labute approximate surface area is 152 Å². The van der Waals surface area contributed by atoms with E-state index in [-0.39, 0.29) is 11.8 Å². The van der Waals surface area contributed by atoms with Gasteiger partial charge in [0.25, 0.3) is 11.8 Å². The highest BCUT2D eigenvalue weighted by Gasteiger charge is 2.47. The van der Waals surface area contributed by atoms with Crippen LogP contribution in [0.2, 0.25) is 0 Å². The summed E-state index contributed by atoms with van der Waals surface area (Å²) in [5.41, 5.74) is 6.23. The summed E-state index contributed by atoms with van der Waals surface area (Å²) in [5, 5.41) is 0. The van der Waals surface area contributed by atoms with Crippen LogP contribution in [-0.4, -0.2) is 44.8 Å². The minimum absolute atomic E-state index is 0.139. The number of likely N-dealkylation sites (N-methyl/N-ethyl adjacent to an activating group) is 2. The molecule has 0 aliphatic carbocycles. The highest BCUT2D eigenvalue weighted by atomic mass is 16.2. The van der Waals surface area contributed by atoms with Gasteiger partial charge in [0, 0.05) is 39.6 Å². The van der Waals surface area contributed by atoms with E-state index >= 15 is 0 Å². The lowest BCUT2D eigenvalue weighted by Gasteiger charge is -2.20. The van der Waals surface area contributed by atoms with Gasteiger partial charge in [0.2, 0.25) is 0 Å². The van der Waals surface area contributed by atoms with Gasteiger partial charge in [0.15, 0.2) is 0 Å². The van der Waals surface area contributed by atoms with E-state index in [1.807, 2.05) is 61.3 Å². The zero-order valence-electron chi connectivity index (χ0n) is 15.9. The minimum atomic E-state index is -0.139. The standard InChI is InChI=1S/C20H22N4O2/c1-11-7-9-13(21(11)3)17-15-16(20(26)23(17)5)18(24(6)19(15)25)14-10-8-12(2)22(14)4/h7-10H,1-6H3. The van der Waals surface area contributed by atoms with E-state index in [0.29, 0.717) is 22.5 Å². The molecule has 26 heavy (non-hydrogen) atoms. The third-order valence-corrected chi connectivity index (χ3v) is 5.66. The smallest absolute Gasteiger partial charge is 0.261 e. The highest BCUT2D eigenvalue weighted by molar-refractivity contribution is 6.29. The molecule has 6 nitrogen and oxygen atoms in total. The van der Waals surface area contributed by atoms with Crippen molar-refractivity contribution >= 4 is 23.2 Å². The zero-order valence-corrected chi connectivity index (χ0v) is 15.9. The number of carbonyl (C=O) groups excluding carboxylic acids is 2. The number of hydrogen-bond donors (Lipinski definition) is 0. The van der Waals surface area contributed by atoms with Crippen LogP contribution in [0.1, 0.15) is 22.8 Å². The number of fused-ring (bicyclic) bond motifs is 1. The first-order valence-corrected chi connectivity index (χ1v) is 8.56. The van der Waals surface area contributed by atoms with Crippen LogP contribution in [0.5, 0.6) is 0 Å². The number of nitrogens with zero attached hydrogens (tertiary/aromatic N) is 4. The molecule has 6 heteroatoms. The largest absolute Gasteiger partial charge is 0.347 e. The van der Waals surface area contributed by atoms with Crippen LogP contribution in [0.25, 0.3) is 11.4 Å². The molecule has 0 radical (unpaired) electrons. The first-order chi connectivity index (χ1) is 12.3. The lowest BCUT2D eigenvalue weighted by Crippen LogP contribution is -2.26. The van der Waals surface area contributed by atoms with Crippen molar-refractivity contribution in [2.45, 2.75) is 13.8 Å². The van der Waals surface area contributed by atoms with Crippen molar-refractivity contribution < 1.29 is 9.59 Å². The van der Waals surface area contributed by atoms with Crippen LogP contribution in [0.3, 0.4) is 0 Å². The number of aromatic nitrogens is 2. The second-order valence-electron chi connectivity index (χ2n) is 7.01. The summed E-state index contributed by atoms with van der Waals surface area (Å²) in [6.45, 7) is 4.01. The third-order valence-electron chi connectivity index (χ3n) is 5.66. The Morgan fingerprint density at radius 1 is 0.615 bits per heavy atom. The predicted octanol–water partition coefficient (Wildman–Crippen LogP) is 2.05. The van der Waals surface area contributed by atoms with Gasteiger partial charge in [-0.05, 0) is 38.1 Å². The van der Waals surface area contributed by atoms with Crippen molar-refractivity contribution in [1.29, 1.82) is 0 Å². The number of aryl methyl sites for hydroxylation is 2. The normalized spacial score (nSPS) is 17.3. The molecule has 2 aromatic rings. The van der Waals surface area contributed by atoms with Gasteiger partial charge in [-0.15, -0.1) is 0 Å². The predicted molar refractivity (Wildman–Crippen MR) is 99.7 cm³/mol. The van der Waals surface area contributed by atoms with Gasteiger partial charge in [-0.2, -0.15) is 0 Å². The van der Waals surface area contributed by atoms with Crippen LogP contribution in [0.15, 0.2) is 35.4 Å². The molecule has 2 aliphatic rings. The van der Waals surface area contributed by atoms with Gasteiger partial charge in [0.1, 0.15) is 0 Å². The third kappa shape index (κ3) is 1.87. The first kappa shape index (κ1) is 16.4. The second kappa shape index (κ2) is 5.24. The lowest BCUT2D eigenvalue weighted by atomic mass is 10.1. The maximum atomic E-state index is 13.1. The quantitative estimate of drug-likeness (QED) is 0.832. The van der Waals surface area contributed by atoms with Crippen molar-refractivity contribution in [2.24, 2.45) is 14.1 Å². The molecule has 0 atom stereocenters. The van der Waals surface area contributed by atoms with E-state index in [1.54, 1.807) is 23.9 Å². The number of rotatable bonds is 2. The van der Waals surface area contributed by atoms with Gasteiger partial charge in [-0.1, -0.05) is 0 Å². The Bertz CT molecular complexity index is 964. The first-order valence-electron chi connectivity index (χ1n) is 8.56. The van der Waals surface area contributed by atoms with Gasteiger partial charge in [-0.25, -0.2) is 0 Å². The van der Waals surface area contributed by atoms with E-state index in [4.69, 9.17) is 0 Å². The Kier molecular flexibility index (Phi) is 3.31. The molecule has 0 bridgehead atoms. The molecule has 4 heterocycles. The molecule has 2 aliphatic heterocycles. The van der Waals surface area contributed by atoms with E-state index in [0.717, 1.165) is 22.8 Å². The molecule has 2 amide bonds. The fourth-order valence-corrected chi connectivity index (χ4v) is 3.83. The minimum Gasteiger partial charge on any atom is -0.347 e. The monoisotopic (exact) mass is 350 g/mol. The molecule has 2 aromatic heterocycles. The van der Waals surface area contributed by atoms with Gasteiger partial charge >= 0.3 is 0 Å². The Balaban J connectivity index is 2.04. The van der Waals surface area contributed by atoms with Crippen molar-refractivity contribution in [2.75, 3.05) is 14.1 Å². The highest BCUT2D eigenvalue weighted by Crippen LogP contribution is 2.45.